The first-order valence-corrected chi connectivity index (χ1v) is 11.6. The van der Waals surface area contributed by atoms with Crippen molar-refractivity contribution in [3.05, 3.63) is 51.7 Å². The zero-order valence-electron chi connectivity index (χ0n) is 21.8. The molecule has 12 heteroatoms. The summed E-state index contributed by atoms with van der Waals surface area (Å²) in [6.45, 7) is 19.5. The summed E-state index contributed by atoms with van der Waals surface area (Å²) >= 11 is 0. The van der Waals surface area contributed by atoms with Gasteiger partial charge in [0, 0.05) is 16.9 Å². The van der Waals surface area contributed by atoms with Gasteiger partial charge in [0.2, 0.25) is 0 Å². The van der Waals surface area contributed by atoms with Gasteiger partial charge < -0.3 is 11.1 Å². The van der Waals surface area contributed by atoms with E-state index < -0.39 is 17.3 Å². The van der Waals surface area contributed by atoms with Crippen LogP contribution in [0.3, 0.4) is 0 Å². The molecule has 182 valence electrons. The number of alkyl halides is 1. The van der Waals surface area contributed by atoms with Crippen LogP contribution in [-0.2, 0) is 14.3 Å². The maximum absolute atomic E-state index is 11.0. The fourth-order valence-corrected chi connectivity index (χ4v) is 3.22. The fourth-order valence-electron chi connectivity index (χ4n) is 2.45. The standard InChI is InChI=1S/C10H20O3S.C9H17N3.CH3F.N3.Na/c1-6-8(3)10(9(4)7-2)13-14(5,11)12;1-5-7(3)9(11-12-10)8(4)6-2;1-2;1-3-2;/h6,8-10H,1,7H2,2-5H3;5,7-9H,1,6H2,2-4H3;1H3;;/q;;;-1;+1/t8-,9-,10+;7-,8-,9-;;;/m00.../s1/i;;1D;;. The molecule has 0 amide bonds. The van der Waals surface area contributed by atoms with Crippen molar-refractivity contribution in [1.82, 2.24) is 0 Å². The number of rotatable bonds is 11. The second-order valence-electron chi connectivity index (χ2n) is 7.01. The normalized spacial score (nSPS) is 15.4. The zero-order chi connectivity index (χ0) is 26.3. The molecule has 0 aliphatic heterocycles. The van der Waals surface area contributed by atoms with Gasteiger partial charge in [0.05, 0.1) is 20.9 Å². The van der Waals surface area contributed by atoms with E-state index in [1.807, 2.05) is 33.8 Å². The maximum Gasteiger partial charge on any atom is 1.00 e. The Morgan fingerprint density at radius 1 is 1.06 bits per heavy atom. The Balaban J connectivity index is -0.000000125. The minimum atomic E-state index is -3.38. The van der Waals surface area contributed by atoms with Crippen molar-refractivity contribution in [3.8, 4) is 0 Å². The molecule has 0 saturated carbocycles. The first kappa shape index (κ1) is 38.2. The smallest absolute Gasteiger partial charge is 0.373 e. The second kappa shape index (κ2) is 26.2. The number of hydrogen-bond acceptors (Lipinski definition) is 4. The summed E-state index contributed by atoms with van der Waals surface area (Å²) in [5, 5.41) is 3.77. The summed E-state index contributed by atoms with van der Waals surface area (Å²) in [6.07, 6.45) is 6.26. The van der Waals surface area contributed by atoms with Crippen LogP contribution in [0, 0.1) is 23.7 Å². The van der Waals surface area contributed by atoms with Gasteiger partial charge in [-0.2, -0.15) is 8.42 Å². The van der Waals surface area contributed by atoms with Crippen molar-refractivity contribution >= 4 is 10.1 Å². The van der Waals surface area contributed by atoms with Crippen molar-refractivity contribution in [2.45, 2.75) is 66.5 Å². The second-order valence-corrected chi connectivity index (χ2v) is 8.61. The molecule has 0 spiro atoms. The third kappa shape index (κ3) is 23.6. The first-order chi connectivity index (χ1) is 14.8. The Kier molecular flexibility index (Phi) is 31.3. The van der Waals surface area contributed by atoms with Crippen molar-refractivity contribution in [1.29, 1.82) is 0 Å². The summed E-state index contributed by atoms with van der Waals surface area (Å²) in [5.74, 6) is 0.933. The molecule has 0 heterocycles. The summed E-state index contributed by atoms with van der Waals surface area (Å²) in [5.41, 5.74) is 21.8. The molecule has 0 fully saturated rings. The molecular weight excluding hydrogens is 446 g/mol. The quantitative estimate of drug-likeness (QED) is 0.107. The van der Waals surface area contributed by atoms with Gasteiger partial charge >= 0.3 is 29.6 Å². The van der Waals surface area contributed by atoms with E-state index in [1.165, 1.54) is 4.91 Å². The van der Waals surface area contributed by atoms with Gasteiger partial charge in [-0.3, -0.25) is 13.5 Å². The van der Waals surface area contributed by atoms with Gasteiger partial charge in [0.25, 0.3) is 10.1 Å². The van der Waals surface area contributed by atoms with Crippen molar-refractivity contribution in [3.63, 3.8) is 0 Å². The van der Waals surface area contributed by atoms with Crippen LogP contribution in [0.4, 0.5) is 4.39 Å². The van der Waals surface area contributed by atoms with E-state index in [9.17, 15) is 12.8 Å². The molecule has 9 nitrogen and oxygen atoms in total. The van der Waals surface area contributed by atoms with Crippen LogP contribution < -0.4 is 29.6 Å². The predicted octanol–water partition coefficient (Wildman–Crippen LogP) is 4.19. The van der Waals surface area contributed by atoms with Crippen molar-refractivity contribution < 1.29 is 47.9 Å². The van der Waals surface area contributed by atoms with Crippen LogP contribution in [-0.4, -0.2) is 34.0 Å². The monoisotopic (exact) mass is 487 g/mol. The van der Waals surface area contributed by atoms with E-state index in [4.69, 9.17) is 22.1 Å². The van der Waals surface area contributed by atoms with E-state index in [-0.39, 0.29) is 59.5 Å². The van der Waals surface area contributed by atoms with E-state index >= 15 is 0 Å². The number of hydrogen-bond donors (Lipinski definition) is 0. The molecule has 0 unspecified atom stereocenters. The topological polar surface area (TPSA) is 151 Å². The van der Waals surface area contributed by atoms with Gasteiger partial charge in [-0.1, -0.05) is 71.7 Å². The number of azide groups is 1. The van der Waals surface area contributed by atoms with Crippen molar-refractivity contribution in [2.75, 3.05) is 13.4 Å². The van der Waals surface area contributed by atoms with E-state index in [2.05, 4.69) is 37.0 Å². The van der Waals surface area contributed by atoms with Crippen LogP contribution >= 0.6 is 0 Å². The van der Waals surface area contributed by atoms with Crippen LogP contribution in [0.2, 0.25) is 0 Å². The minimum Gasteiger partial charge on any atom is -0.373 e. The van der Waals surface area contributed by atoms with Gasteiger partial charge in [-0.05, 0) is 23.3 Å². The van der Waals surface area contributed by atoms with Crippen LogP contribution in [0.25, 0.3) is 26.4 Å². The maximum atomic E-state index is 11.0. The van der Waals surface area contributed by atoms with E-state index in [1.54, 1.807) is 6.08 Å². The summed E-state index contributed by atoms with van der Waals surface area (Å²) < 4.78 is 42.6. The summed E-state index contributed by atoms with van der Waals surface area (Å²) in [4.78, 5) is 4.35. The molecule has 0 aromatic carbocycles. The molecule has 0 aromatic heterocycles. The van der Waals surface area contributed by atoms with Gasteiger partial charge in [-0.25, -0.2) is 0 Å². The van der Waals surface area contributed by atoms with E-state index in [0.29, 0.717) is 5.92 Å². The van der Waals surface area contributed by atoms with E-state index in [0.717, 1.165) is 19.1 Å². The molecule has 0 saturated heterocycles. The van der Waals surface area contributed by atoms with Crippen LogP contribution in [0.15, 0.2) is 30.4 Å². The van der Waals surface area contributed by atoms with Gasteiger partial charge in [0.15, 0.2) is 0 Å². The molecule has 6 atom stereocenters. The molecule has 0 aliphatic carbocycles. The fraction of sp³-hybridized carbons (Fsp3) is 0.800. The average Bonchev–Trinajstić information content (AvgIpc) is 2.74. The third-order valence-corrected chi connectivity index (χ3v) is 5.27. The van der Waals surface area contributed by atoms with Gasteiger partial charge in [0.1, 0.15) is 0 Å². The molecule has 0 bridgehead atoms. The Labute approximate surface area is 217 Å². The minimum absolute atomic E-state index is 0. The summed E-state index contributed by atoms with van der Waals surface area (Å²) in [6, 6.07) is 0.0532. The SMILES string of the molecule is C=C[C@H](C)[C@@H](OS(C)(=O)=O)[C@@H](C)CC.C=C[C@H](C)[C@H](N=[N+]=[N-])[C@@H](C)CC.[2H]CF.[N-]=[N+]=[N-].[Na+]. The molecule has 0 aliphatic rings. The third-order valence-electron chi connectivity index (χ3n) is 4.70. The number of halogens is 1. The average molecular weight is 488 g/mol. The largest absolute Gasteiger partial charge is 1.00 e. The predicted molar refractivity (Wildman–Crippen MR) is 127 cm³/mol. The Morgan fingerprint density at radius 3 is 1.69 bits per heavy atom. The Bertz CT molecular complexity index is 675. The van der Waals surface area contributed by atoms with Gasteiger partial charge in [-0.15, -0.1) is 13.2 Å². The van der Waals surface area contributed by atoms with Crippen molar-refractivity contribution in [2.24, 2.45) is 28.8 Å². The zero-order valence-corrected chi connectivity index (χ0v) is 23.7. The number of nitrogens with zero attached hydrogens (tertiary/aromatic N) is 6. The van der Waals surface area contributed by atoms with Crippen LogP contribution in [0.5, 0.6) is 0 Å². The first-order valence-electron chi connectivity index (χ1n) is 10.5. The molecule has 0 aromatic rings. The molecule has 32 heavy (non-hydrogen) atoms. The molecule has 0 N–H and O–H groups in total. The summed E-state index contributed by atoms with van der Waals surface area (Å²) in [7, 11) is -4.38. The Hall–Kier alpha value is -1.06. The van der Waals surface area contributed by atoms with Crippen LogP contribution in [0.1, 0.15) is 55.8 Å². The molecule has 0 rings (SSSR count). The molecular formula is C20H40FN6NaO3S. The Morgan fingerprint density at radius 2 is 1.44 bits per heavy atom. The molecule has 0 radical (unpaired) electrons.